The molecule has 28 heavy (non-hydrogen) atoms. The van der Waals surface area contributed by atoms with Crippen LogP contribution in [0, 0.1) is 0 Å². The number of nitrogens with zero attached hydrogens (tertiary/aromatic N) is 2. The first kappa shape index (κ1) is 19.1. The molecule has 0 radical (unpaired) electrons. The Morgan fingerprint density at radius 1 is 1.07 bits per heavy atom. The lowest BCUT2D eigenvalue weighted by atomic mass is 10.1. The number of para-hydroxylation sites is 1. The van der Waals surface area contributed by atoms with E-state index >= 15 is 0 Å². The van der Waals surface area contributed by atoms with Gasteiger partial charge in [0.05, 0.1) is 5.75 Å². The van der Waals surface area contributed by atoms with Crippen molar-refractivity contribution in [3.63, 3.8) is 0 Å². The van der Waals surface area contributed by atoms with Gasteiger partial charge in [-0.05, 0) is 30.3 Å². The Labute approximate surface area is 163 Å². The van der Waals surface area contributed by atoms with E-state index in [1.165, 1.54) is 12.1 Å². The Balaban J connectivity index is 1.62. The van der Waals surface area contributed by atoms with Crippen LogP contribution in [0.25, 0.3) is 11.3 Å². The summed E-state index contributed by atoms with van der Waals surface area (Å²) in [7, 11) is 0. The second kappa shape index (κ2) is 8.35. The molecule has 0 aliphatic heterocycles. The fraction of sp³-hybridized carbons (Fsp3) is 0.0556. The number of nitrogen functional groups attached to an aromatic ring is 1. The van der Waals surface area contributed by atoms with Crippen molar-refractivity contribution in [3.05, 3.63) is 64.4 Å². The van der Waals surface area contributed by atoms with Gasteiger partial charge in [0.2, 0.25) is 11.8 Å². The zero-order valence-electron chi connectivity index (χ0n) is 14.5. The highest BCUT2D eigenvalue weighted by atomic mass is 32.2. The van der Waals surface area contributed by atoms with Crippen molar-refractivity contribution in [2.75, 3.05) is 16.8 Å². The van der Waals surface area contributed by atoms with Gasteiger partial charge in [-0.2, -0.15) is 0 Å². The number of primary amides is 1. The topological polar surface area (TPSA) is 157 Å². The third kappa shape index (κ3) is 4.54. The quantitative estimate of drug-likeness (QED) is 0.360. The van der Waals surface area contributed by atoms with E-state index in [9.17, 15) is 14.4 Å². The summed E-state index contributed by atoms with van der Waals surface area (Å²) < 4.78 is 0. The number of aromatic nitrogens is 3. The van der Waals surface area contributed by atoms with Crippen LogP contribution in [0.1, 0.15) is 10.4 Å². The van der Waals surface area contributed by atoms with Crippen LogP contribution in [0.5, 0.6) is 0 Å². The summed E-state index contributed by atoms with van der Waals surface area (Å²) in [6, 6.07) is 13.0. The third-order valence-electron chi connectivity index (χ3n) is 3.69. The van der Waals surface area contributed by atoms with Crippen molar-refractivity contribution in [2.45, 2.75) is 5.16 Å². The van der Waals surface area contributed by atoms with Crippen molar-refractivity contribution in [1.29, 1.82) is 0 Å². The molecule has 6 N–H and O–H groups in total. The summed E-state index contributed by atoms with van der Waals surface area (Å²) in [5.41, 5.74) is 12.5. The number of anilines is 2. The van der Waals surface area contributed by atoms with Gasteiger partial charge in [0.25, 0.3) is 5.56 Å². The first-order chi connectivity index (χ1) is 13.4. The summed E-state index contributed by atoms with van der Waals surface area (Å²) in [6.45, 7) is 0. The second-order valence-electron chi connectivity index (χ2n) is 5.67. The van der Waals surface area contributed by atoms with Crippen molar-refractivity contribution in [2.24, 2.45) is 5.73 Å². The van der Waals surface area contributed by atoms with Crippen LogP contribution < -0.4 is 22.3 Å². The van der Waals surface area contributed by atoms with E-state index in [0.29, 0.717) is 22.5 Å². The molecule has 3 aromatic rings. The number of rotatable bonds is 6. The summed E-state index contributed by atoms with van der Waals surface area (Å²) in [6.07, 6.45) is 0. The minimum absolute atomic E-state index is 0.00894. The first-order valence-corrected chi connectivity index (χ1v) is 9.07. The molecule has 1 aromatic heterocycles. The lowest BCUT2D eigenvalue weighted by Crippen LogP contribution is -2.17. The smallest absolute Gasteiger partial charge is 0.278 e. The number of H-pyrrole nitrogens is 1. The van der Waals surface area contributed by atoms with Crippen molar-refractivity contribution < 1.29 is 9.59 Å². The third-order valence-corrected chi connectivity index (χ3v) is 4.55. The van der Waals surface area contributed by atoms with Crippen molar-refractivity contribution in [3.8, 4) is 11.3 Å². The second-order valence-corrected chi connectivity index (χ2v) is 6.64. The Morgan fingerprint density at radius 2 is 1.79 bits per heavy atom. The molecule has 0 spiro atoms. The normalized spacial score (nSPS) is 10.4. The molecule has 3 rings (SSSR count). The van der Waals surface area contributed by atoms with Crippen LogP contribution in [0.4, 0.5) is 11.4 Å². The number of amides is 2. The highest BCUT2D eigenvalue weighted by Crippen LogP contribution is 2.20. The van der Waals surface area contributed by atoms with Gasteiger partial charge in [0.15, 0.2) is 10.9 Å². The summed E-state index contributed by atoms with van der Waals surface area (Å²) in [4.78, 5) is 37.9. The van der Waals surface area contributed by atoms with E-state index < -0.39 is 11.5 Å². The minimum Gasteiger partial charge on any atom is -0.398 e. The van der Waals surface area contributed by atoms with Gasteiger partial charge < -0.3 is 16.8 Å². The van der Waals surface area contributed by atoms with Crippen LogP contribution in [-0.2, 0) is 4.79 Å². The monoisotopic (exact) mass is 396 g/mol. The van der Waals surface area contributed by atoms with Gasteiger partial charge >= 0.3 is 0 Å². The van der Waals surface area contributed by atoms with E-state index in [1.807, 2.05) is 0 Å². The Hall–Kier alpha value is -3.66. The SMILES string of the molecule is NC(=O)c1ccc(NC(=O)CSc2nnc(-c3ccccc3N)c(=O)[nH]2)cc1. The molecule has 10 heteroatoms. The number of nitrogens with two attached hydrogens (primary N) is 2. The van der Waals surface area contributed by atoms with E-state index in [1.54, 1.807) is 36.4 Å². The predicted octanol–water partition coefficient (Wildman–Crippen LogP) is 1.24. The molecule has 0 atom stereocenters. The number of hydrogen-bond acceptors (Lipinski definition) is 7. The lowest BCUT2D eigenvalue weighted by Gasteiger charge is -2.06. The molecular weight excluding hydrogens is 380 g/mol. The summed E-state index contributed by atoms with van der Waals surface area (Å²) >= 11 is 1.03. The lowest BCUT2D eigenvalue weighted by molar-refractivity contribution is -0.113. The average molecular weight is 396 g/mol. The van der Waals surface area contributed by atoms with Gasteiger partial charge in [-0.3, -0.25) is 19.4 Å². The summed E-state index contributed by atoms with van der Waals surface area (Å²) in [5.74, 6) is -0.845. The summed E-state index contributed by atoms with van der Waals surface area (Å²) in [5, 5.41) is 10.7. The molecule has 0 saturated carbocycles. The molecule has 142 valence electrons. The molecule has 2 amide bonds. The minimum atomic E-state index is -0.545. The molecule has 2 aromatic carbocycles. The fourth-order valence-corrected chi connectivity index (χ4v) is 2.93. The van der Waals surface area contributed by atoms with E-state index in [0.717, 1.165) is 11.8 Å². The van der Waals surface area contributed by atoms with Gasteiger partial charge in [-0.25, -0.2) is 0 Å². The maximum Gasteiger partial charge on any atom is 0.278 e. The molecule has 9 nitrogen and oxygen atoms in total. The van der Waals surface area contributed by atoms with Gasteiger partial charge in [-0.15, -0.1) is 10.2 Å². The molecule has 1 heterocycles. The van der Waals surface area contributed by atoms with Crippen LogP contribution >= 0.6 is 11.8 Å². The maximum absolute atomic E-state index is 12.3. The first-order valence-electron chi connectivity index (χ1n) is 8.08. The van der Waals surface area contributed by atoms with Crippen LogP contribution in [0.15, 0.2) is 58.5 Å². The molecule has 0 bridgehead atoms. The van der Waals surface area contributed by atoms with E-state index in [4.69, 9.17) is 11.5 Å². The number of thioether (sulfide) groups is 1. The number of carbonyl (C=O) groups is 2. The molecule has 0 unspecified atom stereocenters. The highest BCUT2D eigenvalue weighted by Gasteiger charge is 2.12. The predicted molar refractivity (Wildman–Crippen MR) is 107 cm³/mol. The molecule has 0 aliphatic carbocycles. The van der Waals surface area contributed by atoms with Crippen molar-refractivity contribution >= 4 is 35.0 Å². The number of carbonyl (C=O) groups excluding carboxylic acids is 2. The molecule has 0 aliphatic rings. The van der Waals surface area contributed by atoms with Crippen molar-refractivity contribution in [1.82, 2.24) is 15.2 Å². The van der Waals surface area contributed by atoms with Gasteiger partial charge in [0.1, 0.15) is 0 Å². The Bertz CT molecular complexity index is 1080. The maximum atomic E-state index is 12.3. The van der Waals surface area contributed by atoms with Gasteiger partial charge in [-0.1, -0.05) is 30.0 Å². The zero-order chi connectivity index (χ0) is 20.1. The Kier molecular flexibility index (Phi) is 5.70. The number of nitrogens with one attached hydrogen (secondary N) is 2. The van der Waals surface area contributed by atoms with E-state index in [2.05, 4.69) is 20.5 Å². The standard InChI is InChI=1S/C18H16N6O3S/c19-13-4-2-1-3-12(13)15-17(27)22-18(24-23-15)28-9-14(25)21-11-7-5-10(6-8-11)16(20)26/h1-8H,9,19H2,(H2,20,26)(H,21,25)(H,22,24,27). The average Bonchev–Trinajstić information content (AvgIpc) is 2.68. The number of benzene rings is 2. The largest absolute Gasteiger partial charge is 0.398 e. The number of aromatic amines is 1. The van der Waals surface area contributed by atoms with E-state index in [-0.39, 0.29) is 22.5 Å². The Morgan fingerprint density at radius 3 is 2.43 bits per heavy atom. The zero-order valence-corrected chi connectivity index (χ0v) is 15.3. The van der Waals surface area contributed by atoms with Crippen LogP contribution in [0.3, 0.4) is 0 Å². The van der Waals surface area contributed by atoms with Gasteiger partial charge in [0, 0.05) is 22.5 Å². The molecular formula is C18H16N6O3S. The van der Waals surface area contributed by atoms with Crippen LogP contribution in [-0.4, -0.2) is 32.7 Å². The molecule has 0 saturated heterocycles. The fourth-order valence-electron chi connectivity index (χ4n) is 2.32. The molecule has 0 fully saturated rings. The van der Waals surface area contributed by atoms with Crippen LogP contribution in [0.2, 0.25) is 0 Å². The number of hydrogen-bond donors (Lipinski definition) is 4. The highest BCUT2D eigenvalue weighted by molar-refractivity contribution is 7.99.